The fraction of sp³-hybridized carbons (Fsp3) is 0.538. The van der Waals surface area contributed by atoms with Crippen LogP contribution < -0.4 is 5.32 Å². The molecule has 0 atom stereocenters. The molecule has 0 bridgehead atoms. The Morgan fingerprint density at radius 2 is 2.11 bits per heavy atom. The lowest BCUT2D eigenvalue weighted by Gasteiger charge is -2.15. The van der Waals surface area contributed by atoms with Crippen molar-refractivity contribution in [3.8, 4) is 0 Å². The third kappa shape index (κ3) is 3.48. The van der Waals surface area contributed by atoms with Crippen LogP contribution in [-0.4, -0.2) is 32.4 Å². The van der Waals surface area contributed by atoms with Gasteiger partial charge in [-0.25, -0.2) is 12.7 Å². The summed E-state index contributed by atoms with van der Waals surface area (Å²) in [5.74, 6) is 0. The van der Waals surface area contributed by atoms with Crippen LogP contribution in [0.25, 0.3) is 0 Å². The fourth-order valence-corrected chi connectivity index (χ4v) is 3.24. The number of rotatable bonds is 6. The van der Waals surface area contributed by atoms with Crippen LogP contribution in [0.4, 0.5) is 0 Å². The van der Waals surface area contributed by atoms with Gasteiger partial charge in [-0.3, -0.25) is 0 Å². The number of halogens is 1. The van der Waals surface area contributed by atoms with Gasteiger partial charge in [0.15, 0.2) is 0 Å². The van der Waals surface area contributed by atoms with Crippen LogP contribution in [0.3, 0.4) is 0 Å². The molecule has 6 heteroatoms. The lowest BCUT2D eigenvalue weighted by atomic mass is 10.2. The number of hydrogen-bond acceptors (Lipinski definition) is 3. The molecule has 0 saturated heterocycles. The Kier molecular flexibility index (Phi) is 4.50. The Morgan fingerprint density at radius 3 is 2.63 bits per heavy atom. The number of hydrogen-bond donors (Lipinski definition) is 1. The molecule has 0 aliphatic heterocycles. The van der Waals surface area contributed by atoms with Crippen molar-refractivity contribution in [3.05, 3.63) is 28.8 Å². The van der Waals surface area contributed by atoms with Crippen molar-refractivity contribution in [1.82, 2.24) is 9.62 Å². The Bertz CT molecular complexity index is 556. The molecule has 1 aliphatic rings. The first-order chi connectivity index (χ1) is 8.95. The summed E-state index contributed by atoms with van der Waals surface area (Å²) in [7, 11) is -1.86. The van der Waals surface area contributed by atoms with Gasteiger partial charge in [-0.1, -0.05) is 24.6 Å². The maximum absolute atomic E-state index is 12.2. The van der Waals surface area contributed by atoms with Gasteiger partial charge in [0.25, 0.3) is 0 Å². The Hall–Kier alpha value is -0.620. The molecule has 19 heavy (non-hydrogen) atoms. The second-order valence-electron chi connectivity index (χ2n) is 4.83. The summed E-state index contributed by atoms with van der Waals surface area (Å²) >= 11 is 6.16. The second kappa shape index (κ2) is 5.79. The maximum atomic E-state index is 12.2. The summed E-state index contributed by atoms with van der Waals surface area (Å²) in [6.45, 7) is 2.92. The first kappa shape index (κ1) is 14.8. The van der Waals surface area contributed by atoms with E-state index in [0.717, 1.165) is 5.56 Å². The summed E-state index contributed by atoms with van der Waals surface area (Å²) in [6.07, 6.45) is 2.43. The van der Waals surface area contributed by atoms with Crippen molar-refractivity contribution in [1.29, 1.82) is 0 Å². The number of nitrogens with zero attached hydrogens (tertiary/aromatic N) is 1. The SMILES string of the molecule is CCN(C)S(=O)(=O)c1ccc(CNC2CC2)c(Cl)c1. The van der Waals surface area contributed by atoms with Crippen molar-refractivity contribution in [2.75, 3.05) is 13.6 Å². The van der Waals surface area contributed by atoms with Crippen molar-refractivity contribution < 1.29 is 8.42 Å². The summed E-state index contributed by atoms with van der Waals surface area (Å²) in [6, 6.07) is 5.55. The third-order valence-electron chi connectivity index (χ3n) is 3.34. The first-order valence-corrected chi connectivity index (χ1v) is 8.25. The standard InChI is InChI=1S/C13H19ClN2O2S/c1-3-16(2)19(17,18)12-7-4-10(13(14)8-12)9-15-11-5-6-11/h4,7-8,11,15H,3,5-6,9H2,1-2H3. The van der Waals surface area contributed by atoms with E-state index in [4.69, 9.17) is 11.6 Å². The van der Waals surface area contributed by atoms with Gasteiger partial charge in [0.2, 0.25) is 10.0 Å². The predicted molar refractivity (Wildman–Crippen MR) is 76.8 cm³/mol. The molecule has 1 aromatic carbocycles. The number of sulfonamides is 1. The van der Waals surface area contributed by atoms with Gasteiger partial charge in [0.1, 0.15) is 0 Å². The van der Waals surface area contributed by atoms with Crippen LogP contribution in [0.2, 0.25) is 5.02 Å². The molecule has 1 saturated carbocycles. The minimum atomic E-state index is -3.42. The summed E-state index contributed by atoms with van der Waals surface area (Å²) in [4.78, 5) is 0.247. The van der Waals surface area contributed by atoms with Crippen molar-refractivity contribution in [3.63, 3.8) is 0 Å². The van der Waals surface area contributed by atoms with E-state index in [-0.39, 0.29) is 4.90 Å². The quantitative estimate of drug-likeness (QED) is 0.877. The van der Waals surface area contributed by atoms with E-state index >= 15 is 0 Å². The highest BCUT2D eigenvalue weighted by molar-refractivity contribution is 7.89. The topological polar surface area (TPSA) is 49.4 Å². The van der Waals surface area contributed by atoms with Crippen molar-refractivity contribution in [2.24, 2.45) is 0 Å². The largest absolute Gasteiger partial charge is 0.310 e. The molecule has 0 unspecified atom stereocenters. The van der Waals surface area contributed by atoms with Gasteiger partial charge in [0.05, 0.1) is 4.90 Å². The first-order valence-electron chi connectivity index (χ1n) is 6.43. The van der Waals surface area contributed by atoms with Crippen molar-refractivity contribution in [2.45, 2.75) is 37.2 Å². The Morgan fingerprint density at radius 1 is 1.42 bits per heavy atom. The molecular weight excluding hydrogens is 284 g/mol. The highest BCUT2D eigenvalue weighted by atomic mass is 35.5. The van der Waals surface area contributed by atoms with Gasteiger partial charge >= 0.3 is 0 Å². The highest BCUT2D eigenvalue weighted by Gasteiger charge is 2.22. The molecule has 0 heterocycles. The van der Waals surface area contributed by atoms with Gasteiger partial charge in [-0.05, 0) is 30.5 Å². The molecule has 1 fully saturated rings. The number of benzene rings is 1. The van der Waals surface area contributed by atoms with Crippen molar-refractivity contribution >= 4 is 21.6 Å². The Balaban J connectivity index is 2.17. The minimum absolute atomic E-state index is 0.247. The van der Waals surface area contributed by atoms with E-state index in [9.17, 15) is 8.42 Å². The molecule has 106 valence electrons. The normalized spacial score (nSPS) is 16.0. The zero-order valence-corrected chi connectivity index (χ0v) is 12.8. The monoisotopic (exact) mass is 302 g/mol. The molecule has 0 aromatic heterocycles. The predicted octanol–water partition coefficient (Wildman–Crippen LogP) is 2.23. The molecule has 4 nitrogen and oxygen atoms in total. The minimum Gasteiger partial charge on any atom is -0.310 e. The van der Waals surface area contributed by atoms with Gasteiger partial charge in [-0.2, -0.15) is 0 Å². The van der Waals surface area contributed by atoms with Gasteiger partial charge in [-0.15, -0.1) is 0 Å². The van der Waals surface area contributed by atoms with Crippen LogP contribution >= 0.6 is 11.6 Å². The van der Waals surface area contributed by atoms with E-state index in [0.29, 0.717) is 24.2 Å². The van der Waals surface area contributed by atoms with Crippen LogP contribution in [0.1, 0.15) is 25.3 Å². The zero-order valence-electron chi connectivity index (χ0n) is 11.2. The maximum Gasteiger partial charge on any atom is 0.242 e. The summed E-state index contributed by atoms with van der Waals surface area (Å²) < 4.78 is 25.6. The van der Waals surface area contributed by atoms with Gasteiger partial charge < -0.3 is 5.32 Å². The average molecular weight is 303 g/mol. The molecule has 0 spiro atoms. The molecule has 0 radical (unpaired) electrons. The molecule has 1 N–H and O–H groups in total. The molecular formula is C13H19ClN2O2S. The van der Waals surface area contributed by atoms with Crippen LogP contribution in [-0.2, 0) is 16.6 Å². The van der Waals surface area contributed by atoms with Crippen LogP contribution in [0.5, 0.6) is 0 Å². The molecule has 1 aliphatic carbocycles. The van der Waals surface area contributed by atoms with E-state index in [1.807, 2.05) is 0 Å². The van der Waals surface area contributed by atoms with E-state index < -0.39 is 10.0 Å². The lowest BCUT2D eigenvalue weighted by molar-refractivity contribution is 0.486. The second-order valence-corrected chi connectivity index (χ2v) is 7.28. The molecule has 0 amide bonds. The molecule has 1 aromatic rings. The lowest BCUT2D eigenvalue weighted by Crippen LogP contribution is -2.26. The Labute approximate surface area is 119 Å². The summed E-state index contributed by atoms with van der Waals surface area (Å²) in [5, 5.41) is 3.86. The van der Waals surface area contributed by atoms with E-state index in [1.54, 1.807) is 26.1 Å². The highest BCUT2D eigenvalue weighted by Crippen LogP contribution is 2.24. The van der Waals surface area contributed by atoms with Gasteiger partial charge in [0, 0.05) is 31.2 Å². The average Bonchev–Trinajstić information content (AvgIpc) is 3.20. The fourth-order valence-electron chi connectivity index (χ4n) is 1.72. The third-order valence-corrected chi connectivity index (χ3v) is 5.62. The van der Waals surface area contributed by atoms with E-state index in [2.05, 4.69) is 5.32 Å². The number of nitrogens with one attached hydrogen (secondary N) is 1. The van der Waals surface area contributed by atoms with E-state index in [1.165, 1.54) is 23.2 Å². The van der Waals surface area contributed by atoms with Crippen LogP contribution in [0, 0.1) is 0 Å². The zero-order chi connectivity index (χ0) is 14.0. The summed E-state index contributed by atoms with van der Waals surface area (Å²) in [5.41, 5.74) is 0.937. The van der Waals surface area contributed by atoms with Crippen LogP contribution in [0.15, 0.2) is 23.1 Å². The molecule has 2 rings (SSSR count). The smallest absolute Gasteiger partial charge is 0.242 e.